The van der Waals surface area contributed by atoms with Crippen molar-refractivity contribution in [2.75, 3.05) is 11.4 Å². The topological polar surface area (TPSA) is 83.0 Å². The monoisotopic (exact) mass is 434 g/mol. The van der Waals surface area contributed by atoms with Crippen molar-refractivity contribution in [1.82, 2.24) is 10.2 Å². The molecule has 3 rings (SSSR count). The molecule has 0 aliphatic rings. The van der Waals surface area contributed by atoms with Gasteiger partial charge >= 0.3 is 0 Å². The van der Waals surface area contributed by atoms with Gasteiger partial charge in [-0.1, -0.05) is 62.9 Å². The van der Waals surface area contributed by atoms with Gasteiger partial charge in [0.2, 0.25) is 11.8 Å². The van der Waals surface area contributed by atoms with E-state index in [2.05, 4.69) is 49.2 Å². The van der Waals surface area contributed by atoms with E-state index in [9.17, 15) is 4.79 Å². The van der Waals surface area contributed by atoms with Crippen molar-refractivity contribution in [1.29, 1.82) is 5.26 Å². The molecule has 0 spiro atoms. The smallest absolute Gasteiger partial charge is 0.277 e. The molecule has 0 radical (unpaired) electrons. The van der Waals surface area contributed by atoms with E-state index in [-0.39, 0.29) is 17.7 Å². The van der Waals surface area contributed by atoms with Crippen molar-refractivity contribution >= 4 is 23.4 Å². The number of thioether (sulfide) groups is 1. The maximum Gasteiger partial charge on any atom is 0.277 e. The first-order valence-corrected chi connectivity index (χ1v) is 11.0. The Morgan fingerprint density at radius 1 is 1.13 bits per heavy atom. The van der Waals surface area contributed by atoms with Gasteiger partial charge in [-0.15, -0.1) is 10.2 Å². The van der Waals surface area contributed by atoms with Gasteiger partial charge in [0.15, 0.2) is 0 Å². The quantitative estimate of drug-likeness (QED) is 0.459. The molecule has 0 aliphatic carbocycles. The van der Waals surface area contributed by atoms with Gasteiger partial charge in [-0.05, 0) is 42.2 Å². The number of rotatable bonds is 7. The Kier molecular flexibility index (Phi) is 7.13. The Hall–Kier alpha value is -3.11. The van der Waals surface area contributed by atoms with Crippen LogP contribution in [0.1, 0.15) is 39.7 Å². The Bertz CT molecular complexity index is 1050. The molecule has 0 bridgehead atoms. The fourth-order valence-electron chi connectivity index (χ4n) is 3.04. The molecule has 160 valence electrons. The van der Waals surface area contributed by atoms with Crippen LogP contribution in [0.4, 0.5) is 5.69 Å². The van der Waals surface area contributed by atoms with E-state index in [1.807, 2.05) is 42.5 Å². The van der Waals surface area contributed by atoms with Crippen molar-refractivity contribution in [2.24, 2.45) is 0 Å². The van der Waals surface area contributed by atoms with E-state index in [0.29, 0.717) is 17.7 Å². The number of hydrogen-bond donors (Lipinski definition) is 0. The molecule has 0 fully saturated rings. The van der Waals surface area contributed by atoms with Gasteiger partial charge in [-0.3, -0.25) is 4.79 Å². The summed E-state index contributed by atoms with van der Waals surface area (Å²) in [6, 6.07) is 19.5. The highest BCUT2D eigenvalue weighted by Crippen LogP contribution is 2.30. The molecule has 7 heteroatoms. The van der Waals surface area contributed by atoms with Gasteiger partial charge in [-0.25, -0.2) is 0 Å². The van der Waals surface area contributed by atoms with Crippen LogP contribution in [0, 0.1) is 11.3 Å². The van der Waals surface area contributed by atoms with Gasteiger partial charge in [0, 0.05) is 17.8 Å². The SMILES string of the molecule is CC(Sc1nnc(-c2ccc(C(C)(C)C)cc2)o1)C(=O)N(CCC#N)c1ccccc1. The minimum atomic E-state index is -0.449. The Morgan fingerprint density at radius 2 is 1.81 bits per heavy atom. The third-order valence-electron chi connectivity index (χ3n) is 4.81. The van der Waals surface area contributed by atoms with Crippen molar-refractivity contribution in [3.63, 3.8) is 0 Å². The number of para-hydroxylation sites is 1. The predicted octanol–water partition coefficient (Wildman–Crippen LogP) is 5.46. The van der Waals surface area contributed by atoms with Crippen LogP contribution in [-0.2, 0) is 10.2 Å². The second kappa shape index (κ2) is 9.80. The summed E-state index contributed by atoms with van der Waals surface area (Å²) < 4.78 is 5.80. The molecular formula is C24H26N4O2S. The number of benzene rings is 2. The van der Waals surface area contributed by atoms with Crippen LogP contribution in [-0.4, -0.2) is 27.9 Å². The van der Waals surface area contributed by atoms with Crippen molar-refractivity contribution in [3.05, 3.63) is 60.2 Å². The molecule has 0 N–H and O–H groups in total. The highest BCUT2D eigenvalue weighted by atomic mass is 32.2. The number of carbonyl (C=O) groups is 1. The van der Waals surface area contributed by atoms with Crippen LogP contribution in [0.3, 0.4) is 0 Å². The highest BCUT2D eigenvalue weighted by Gasteiger charge is 2.25. The zero-order valence-corrected chi connectivity index (χ0v) is 19.0. The lowest BCUT2D eigenvalue weighted by atomic mass is 9.87. The van der Waals surface area contributed by atoms with Gasteiger partial charge in [0.25, 0.3) is 5.22 Å². The summed E-state index contributed by atoms with van der Waals surface area (Å²) in [7, 11) is 0. The lowest BCUT2D eigenvalue weighted by molar-refractivity contribution is -0.117. The first-order valence-electron chi connectivity index (χ1n) is 10.1. The first-order chi connectivity index (χ1) is 14.8. The third-order valence-corrected chi connectivity index (χ3v) is 5.73. The second-order valence-electron chi connectivity index (χ2n) is 8.19. The lowest BCUT2D eigenvalue weighted by Crippen LogP contribution is -2.37. The lowest BCUT2D eigenvalue weighted by Gasteiger charge is -2.24. The summed E-state index contributed by atoms with van der Waals surface area (Å²) in [6.45, 7) is 8.63. The molecular weight excluding hydrogens is 408 g/mol. The van der Waals surface area contributed by atoms with Crippen LogP contribution in [0.15, 0.2) is 64.2 Å². The maximum atomic E-state index is 13.1. The summed E-state index contributed by atoms with van der Waals surface area (Å²) in [4.78, 5) is 14.7. The highest BCUT2D eigenvalue weighted by molar-refractivity contribution is 8.00. The number of amides is 1. The Balaban J connectivity index is 1.71. The zero-order chi connectivity index (χ0) is 22.4. The molecule has 0 saturated carbocycles. The van der Waals surface area contributed by atoms with Crippen LogP contribution >= 0.6 is 11.8 Å². The van der Waals surface area contributed by atoms with Crippen LogP contribution < -0.4 is 4.90 Å². The standard InChI is InChI=1S/C24H26N4O2S/c1-17(22(29)28(16-8-15-25)20-9-6-5-7-10-20)31-23-27-26-21(30-23)18-11-13-19(14-12-18)24(2,3)4/h5-7,9-14,17H,8,16H2,1-4H3. The molecule has 6 nitrogen and oxygen atoms in total. The van der Waals surface area contributed by atoms with Gasteiger partial charge in [0.1, 0.15) is 0 Å². The Labute approximate surface area is 187 Å². The minimum absolute atomic E-state index is 0.0698. The van der Waals surface area contributed by atoms with Crippen molar-refractivity contribution in [2.45, 2.75) is 50.0 Å². The normalized spacial score (nSPS) is 12.2. The van der Waals surface area contributed by atoms with E-state index in [1.54, 1.807) is 11.8 Å². The molecule has 1 amide bonds. The van der Waals surface area contributed by atoms with E-state index in [1.165, 1.54) is 17.3 Å². The molecule has 31 heavy (non-hydrogen) atoms. The molecule has 3 aromatic rings. The average Bonchev–Trinajstić information content (AvgIpc) is 3.22. The van der Waals surface area contributed by atoms with E-state index in [4.69, 9.17) is 9.68 Å². The van der Waals surface area contributed by atoms with E-state index < -0.39 is 5.25 Å². The van der Waals surface area contributed by atoms with Gasteiger partial charge in [0.05, 0.1) is 17.7 Å². The van der Waals surface area contributed by atoms with Gasteiger partial charge in [-0.2, -0.15) is 5.26 Å². The number of nitriles is 1. The molecule has 1 unspecified atom stereocenters. The average molecular weight is 435 g/mol. The van der Waals surface area contributed by atoms with Crippen LogP contribution in [0.2, 0.25) is 0 Å². The number of carbonyl (C=O) groups excluding carboxylic acids is 1. The van der Waals surface area contributed by atoms with Crippen molar-refractivity contribution < 1.29 is 9.21 Å². The number of nitrogens with zero attached hydrogens (tertiary/aromatic N) is 4. The molecule has 1 atom stereocenters. The fraction of sp³-hybridized carbons (Fsp3) is 0.333. The largest absolute Gasteiger partial charge is 0.411 e. The zero-order valence-electron chi connectivity index (χ0n) is 18.2. The second-order valence-corrected chi connectivity index (χ2v) is 9.49. The van der Waals surface area contributed by atoms with E-state index in [0.717, 1.165) is 11.3 Å². The summed E-state index contributed by atoms with van der Waals surface area (Å²) in [5, 5.41) is 17.1. The summed E-state index contributed by atoms with van der Waals surface area (Å²) in [6.07, 6.45) is 0.257. The molecule has 0 aliphatic heterocycles. The van der Waals surface area contributed by atoms with E-state index >= 15 is 0 Å². The third kappa shape index (κ3) is 5.74. The molecule has 1 heterocycles. The van der Waals surface area contributed by atoms with Crippen molar-refractivity contribution in [3.8, 4) is 17.5 Å². The minimum Gasteiger partial charge on any atom is -0.411 e. The summed E-state index contributed by atoms with van der Waals surface area (Å²) in [5.41, 5.74) is 2.90. The summed E-state index contributed by atoms with van der Waals surface area (Å²) in [5.74, 6) is 0.313. The fourth-order valence-corrected chi connectivity index (χ4v) is 3.79. The number of anilines is 1. The van der Waals surface area contributed by atoms with Crippen LogP contribution in [0.5, 0.6) is 0 Å². The summed E-state index contributed by atoms with van der Waals surface area (Å²) >= 11 is 1.22. The first kappa shape index (κ1) is 22.6. The molecule has 1 aromatic heterocycles. The number of hydrogen-bond acceptors (Lipinski definition) is 6. The molecule has 2 aromatic carbocycles. The molecule has 0 saturated heterocycles. The maximum absolute atomic E-state index is 13.1. The predicted molar refractivity (Wildman–Crippen MR) is 123 cm³/mol. The van der Waals surface area contributed by atoms with Gasteiger partial charge < -0.3 is 9.32 Å². The Morgan fingerprint density at radius 3 is 2.42 bits per heavy atom. The number of aromatic nitrogens is 2. The van der Waals surface area contributed by atoms with Crippen LogP contribution in [0.25, 0.3) is 11.5 Å².